The highest BCUT2D eigenvalue weighted by Crippen LogP contribution is 2.34. The number of thiazole rings is 1. The van der Waals surface area contributed by atoms with E-state index in [1.165, 1.54) is 18.4 Å². The quantitative estimate of drug-likeness (QED) is 0.399. The van der Waals surface area contributed by atoms with Crippen LogP contribution in [-0.2, 0) is 22.4 Å². The lowest BCUT2D eigenvalue weighted by atomic mass is 10.1. The summed E-state index contributed by atoms with van der Waals surface area (Å²) in [6.45, 7) is 0. The SMILES string of the molecule is COC(=O)Nc1ccc(-c2ccc3nc(Cc4nnc(CC(=O)NC5(C#N)CC5)o4)sc3c2)cc1. The molecular formula is C24H20N6O4S. The maximum atomic E-state index is 12.1. The second kappa shape index (κ2) is 9.15. The summed E-state index contributed by atoms with van der Waals surface area (Å²) in [4.78, 5) is 28.1. The molecule has 0 saturated heterocycles. The van der Waals surface area contributed by atoms with Crippen molar-refractivity contribution in [2.45, 2.75) is 31.2 Å². The molecule has 1 aliphatic carbocycles. The number of nitrogens with one attached hydrogen (secondary N) is 2. The smallest absolute Gasteiger partial charge is 0.411 e. The molecule has 2 aromatic heterocycles. The lowest BCUT2D eigenvalue weighted by Gasteiger charge is -2.06. The standard InChI is InChI=1S/C24H20N6O4S/c1-33-23(32)26-16-5-2-14(3-6-16)15-4-7-17-18(10-15)35-22(27-17)12-21-30-29-20(34-21)11-19(31)28-24(13-25)8-9-24/h2-7,10H,8-9,11-12H2,1H3,(H,26,32)(H,28,31). The molecule has 1 fully saturated rings. The molecule has 11 heteroatoms. The maximum absolute atomic E-state index is 12.1. The molecule has 1 saturated carbocycles. The molecule has 0 spiro atoms. The van der Waals surface area contributed by atoms with Crippen molar-refractivity contribution in [2.24, 2.45) is 0 Å². The van der Waals surface area contributed by atoms with Crippen LogP contribution >= 0.6 is 11.3 Å². The van der Waals surface area contributed by atoms with Crippen LogP contribution in [0.5, 0.6) is 0 Å². The summed E-state index contributed by atoms with van der Waals surface area (Å²) in [5.41, 5.74) is 2.82. The minimum Gasteiger partial charge on any atom is -0.453 e. The fraction of sp³-hybridized carbons (Fsp3) is 0.250. The highest BCUT2D eigenvalue weighted by atomic mass is 32.1. The number of carbonyl (C=O) groups excluding carboxylic acids is 2. The first-order valence-corrected chi connectivity index (χ1v) is 11.7. The maximum Gasteiger partial charge on any atom is 0.411 e. The van der Waals surface area contributed by atoms with Crippen LogP contribution in [0.1, 0.15) is 29.6 Å². The van der Waals surface area contributed by atoms with E-state index >= 15 is 0 Å². The van der Waals surface area contributed by atoms with Gasteiger partial charge in [0.1, 0.15) is 17.0 Å². The van der Waals surface area contributed by atoms with Crippen LogP contribution in [-0.4, -0.2) is 39.8 Å². The molecule has 0 bridgehead atoms. The second-order valence-corrected chi connectivity index (χ2v) is 9.28. The molecule has 0 unspecified atom stereocenters. The van der Waals surface area contributed by atoms with Gasteiger partial charge in [0.15, 0.2) is 0 Å². The number of rotatable bonds is 7. The van der Waals surface area contributed by atoms with E-state index in [1.54, 1.807) is 0 Å². The van der Waals surface area contributed by atoms with Crippen molar-refractivity contribution < 1.29 is 18.7 Å². The molecule has 35 heavy (non-hydrogen) atoms. The Kier molecular flexibility index (Phi) is 5.88. The Hall–Kier alpha value is -4.30. The van der Waals surface area contributed by atoms with Crippen molar-refractivity contribution >= 4 is 39.2 Å². The van der Waals surface area contributed by atoms with E-state index in [-0.39, 0.29) is 18.2 Å². The van der Waals surface area contributed by atoms with Crippen molar-refractivity contribution in [3.8, 4) is 17.2 Å². The van der Waals surface area contributed by atoms with Crippen molar-refractivity contribution in [3.63, 3.8) is 0 Å². The Morgan fingerprint density at radius 2 is 1.89 bits per heavy atom. The molecular weight excluding hydrogens is 468 g/mol. The lowest BCUT2D eigenvalue weighted by molar-refractivity contribution is -0.121. The highest BCUT2D eigenvalue weighted by molar-refractivity contribution is 7.18. The Balaban J connectivity index is 1.25. The van der Waals surface area contributed by atoms with Gasteiger partial charge in [-0.25, -0.2) is 9.78 Å². The van der Waals surface area contributed by atoms with Crippen molar-refractivity contribution in [2.75, 3.05) is 12.4 Å². The first kappa shape index (κ1) is 22.5. The van der Waals surface area contributed by atoms with Crippen LogP contribution < -0.4 is 10.6 Å². The molecule has 5 rings (SSSR count). The predicted molar refractivity (Wildman–Crippen MR) is 128 cm³/mol. The molecule has 0 radical (unpaired) electrons. The second-order valence-electron chi connectivity index (χ2n) is 8.17. The monoisotopic (exact) mass is 488 g/mol. The van der Waals surface area contributed by atoms with Crippen LogP contribution in [0.2, 0.25) is 0 Å². The zero-order valence-electron chi connectivity index (χ0n) is 18.7. The third-order valence-corrected chi connectivity index (χ3v) is 6.57. The van der Waals surface area contributed by atoms with E-state index in [4.69, 9.17) is 9.68 Å². The molecule has 2 N–H and O–H groups in total. The Bertz CT molecular complexity index is 1450. The van der Waals surface area contributed by atoms with Crippen LogP contribution in [0.25, 0.3) is 21.3 Å². The van der Waals surface area contributed by atoms with Crippen LogP contribution in [0.4, 0.5) is 10.5 Å². The molecule has 10 nitrogen and oxygen atoms in total. The number of carbonyl (C=O) groups is 2. The van der Waals surface area contributed by atoms with Crippen LogP contribution in [0.15, 0.2) is 46.9 Å². The lowest BCUT2D eigenvalue weighted by Crippen LogP contribution is -2.36. The number of methoxy groups -OCH3 is 1. The summed E-state index contributed by atoms with van der Waals surface area (Å²) < 4.78 is 11.2. The Morgan fingerprint density at radius 1 is 1.14 bits per heavy atom. The van der Waals surface area contributed by atoms with E-state index in [2.05, 4.69) is 42.7 Å². The average Bonchev–Trinajstić information content (AvgIpc) is 3.29. The first-order valence-electron chi connectivity index (χ1n) is 10.8. The number of amides is 2. The van der Waals surface area contributed by atoms with Crippen LogP contribution in [0, 0.1) is 11.3 Å². The number of fused-ring (bicyclic) bond motifs is 1. The number of nitrogens with zero attached hydrogens (tertiary/aromatic N) is 4. The average molecular weight is 489 g/mol. The van der Waals surface area contributed by atoms with Gasteiger partial charge in [0.25, 0.3) is 0 Å². The third kappa shape index (κ3) is 5.12. The van der Waals surface area contributed by atoms with Crippen LogP contribution in [0.3, 0.4) is 0 Å². The summed E-state index contributed by atoms with van der Waals surface area (Å²) >= 11 is 1.53. The molecule has 0 aliphatic heterocycles. The van der Waals surface area contributed by atoms with E-state index in [0.717, 1.165) is 26.4 Å². The topological polar surface area (TPSA) is 143 Å². The van der Waals surface area contributed by atoms with Gasteiger partial charge < -0.3 is 14.5 Å². The van der Waals surface area contributed by atoms with Crippen molar-refractivity contribution in [1.29, 1.82) is 5.26 Å². The summed E-state index contributed by atoms with van der Waals surface area (Å²) in [6, 6.07) is 15.6. The summed E-state index contributed by atoms with van der Waals surface area (Å²) in [6.07, 6.45) is 1.12. The minimum atomic E-state index is -0.720. The van der Waals surface area contributed by atoms with Gasteiger partial charge in [0, 0.05) is 5.69 Å². The number of benzene rings is 2. The van der Waals surface area contributed by atoms with Crippen molar-refractivity contribution in [3.05, 3.63) is 59.3 Å². The number of aromatic nitrogens is 3. The molecule has 2 amide bonds. The number of hydrogen-bond acceptors (Lipinski definition) is 9. The first-order chi connectivity index (χ1) is 16.9. The molecule has 4 aromatic rings. The predicted octanol–water partition coefficient (Wildman–Crippen LogP) is 3.83. The van der Waals surface area contributed by atoms with Gasteiger partial charge in [0.05, 0.1) is 29.8 Å². The molecule has 2 heterocycles. The molecule has 176 valence electrons. The highest BCUT2D eigenvalue weighted by Gasteiger charge is 2.44. The fourth-order valence-corrected chi connectivity index (χ4v) is 4.54. The van der Waals surface area contributed by atoms with Gasteiger partial charge in [0.2, 0.25) is 17.7 Å². The molecule has 2 aromatic carbocycles. The largest absolute Gasteiger partial charge is 0.453 e. The normalized spacial score (nSPS) is 13.7. The Morgan fingerprint density at radius 3 is 2.60 bits per heavy atom. The van der Waals surface area contributed by atoms with E-state index < -0.39 is 11.6 Å². The van der Waals surface area contributed by atoms with Gasteiger partial charge in [-0.2, -0.15) is 5.26 Å². The number of nitriles is 1. The van der Waals surface area contributed by atoms with E-state index in [9.17, 15) is 9.59 Å². The van der Waals surface area contributed by atoms with E-state index in [1.807, 2.05) is 36.4 Å². The number of anilines is 1. The zero-order valence-corrected chi connectivity index (χ0v) is 19.5. The molecule has 0 atom stereocenters. The van der Waals surface area contributed by atoms with Crippen molar-refractivity contribution in [1.82, 2.24) is 20.5 Å². The van der Waals surface area contributed by atoms with Gasteiger partial charge in [-0.05, 0) is 48.2 Å². The summed E-state index contributed by atoms with van der Waals surface area (Å²) in [5.74, 6) is 0.280. The number of ether oxygens (including phenoxy) is 1. The zero-order chi connectivity index (χ0) is 24.4. The minimum absolute atomic E-state index is 0.0619. The number of hydrogen-bond donors (Lipinski definition) is 2. The van der Waals surface area contributed by atoms with Gasteiger partial charge >= 0.3 is 6.09 Å². The van der Waals surface area contributed by atoms with Gasteiger partial charge in [-0.3, -0.25) is 10.1 Å². The van der Waals surface area contributed by atoms with E-state index in [0.29, 0.717) is 30.8 Å². The third-order valence-electron chi connectivity index (χ3n) is 5.55. The fourth-order valence-electron chi connectivity index (χ4n) is 3.54. The Labute approximate surface area is 203 Å². The van der Waals surface area contributed by atoms with Gasteiger partial charge in [-0.15, -0.1) is 21.5 Å². The summed E-state index contributed by atoms with van der Waals surface area (Å²) in [7, 11) is 1.32. The summed E-state index contributed by atoms with van der Waals surface area (Å²) in [5, 5.41) is 23.2. The van der Waals surface area contributed by atoms with Gasteiger partial charge in [-0.1, -0.05) is 18.2 Å². The molecule has 1 aliphatic rings.